The maximum absolute atomic E-state index is 12.7. The Morgan fingerprint density at radius 3 is 2.70 bits per heavy atom. The van der Waals surface area contributed by atoms with E-state index < -0.39 is 6.10 Å². The molecule has 1 amide bonds. The molecule has 1 aromatic heterocycles. The Morgan fingerprint density at radius 2 is 2.15 bits per heavy atom. The third-order valence-corrected chi connectivity index (χ3v) is 4.40. The Morgan fingerprint density at radius 1 is 1.50 bits per heavy atom. The van der Waals surface area contributed by atoms with Crippen LogP contribution in [0.3, 0.4) is 0 Å². The number of carbonyl (C=O) groups is 1. The third-order valence-electron chi connectivity index (χ3n) is 3.97. The number of β-amino-alcohol motifs (C(OH)–C–C–N with tert-alkyl or cyclic N) is 1. The highest BCUT2D eigenvalue weighted by Crippen LogP contribution is 2.28. The van der Waals surface area contributed by atoms with E-state index in [0.29, 0.717) is 23.8 Å². The summed E-state index contributed by atoms with van der Waals surface area (Å²) in [6, 6.07) is 0. The van der Waals surface area contributed by atoms with Gasteiger partial charge in [0.15, 0.2) is 0 Å². The van der Waals surface area contributed by atoms with E-state index in [9.17, 15) is 9.90 Å². The normalized spacial score (nSPS) is 23.4. The topological polar surface area (TPSA) is 58.4 Å². The van der Waals surface area contributed by atoms with Crippen molar-refractivity contribution in [3.05, 3.63) is 16.4 Å². The number of aliphatic hydroxyl groups is 1. The molecule has 1 aliphatic rings. The number of carbonyl (C=O) groups excluding carboxylic acids is 1. The molecular weight excluding hydrogens is 278 g/mol. The number of halogens is 1. The molecule has 1 fully saturated rings. The molecule has 2 rings (SSSR count). The second-order valence-electron chi connectivity index (χ2n) is 5.91. The van der Waals surface area contributed by atoms with Gasteiger partial charge >= 0.3 is 0 Å². The average molecular weight is 300 g/mol. The number of amides is 1. The standard InChI is InChI=1S/C14H22ClN3O2/c1-8(2)12-11(13(15)17(4)16-12)14(20)18-6-5-9(3)10(19)7-18/h8-10,19H,5-7H2,1-4H3. The lowest BCUT2D eigenvalue weighted by Crippen LogP contribution is -2.46. The summed E-state index contributed by atoms with van der Waals surface area (Å²) in [5.41, 5.74) is 1.20. The van der Waals surface area contributed by atoms with Crippen LogP contribution in [0, 0.1) is 5.92 Å². The van der Waals surface area contributed by atoms with Crippen molar-refractivity contribution >= 4 is 17.5 Å². The lowest BCUT2D eigenvalue weighted by Gasteiger charge is -2.34. The van der Waals surface area contributed by atoms with E-state index in [1.54, 1.807) is 11.9 Å². The zero-order chi connectivity index (χ0) is 15.0. The van der Waals surface area contributed by atoms with E-state index in [0.717, 1.165) is 12.1 Å². The van der Waals surface area contributed by atoms with Crippen LogP contribution in [0.4, 0.5) is 0 Å². The van der Waals surface area contributed by atoms with Crippen LogP contribution in [0.2, 0.25) is 5.15 Å². The second kappa shape index (κ2) is 5.74. The first-order valence-electron chi connectivity index (χ1n) is 7.02. The van der Waals surface area contributed by atoms with Gasteiger partial charge in [0.25, 0.3) is 5.91 Å². The van der Waals surface area contributed by atoms with Gasteiger partial charge in [-0.15, -0.1) is 0 Å². The molecule has 2 heterocycles. The monoisotopic (exact) mass is 299 g/mol. The maximum atomic E-state index is 12.7. The summed E-state index contributed by atoms with van der Waals surface area (Å²) < 4.78 is 1.53. The molecule has 2 unspecified atom stereocenters. The second-order valence-corrected chi connectivity index (χ2v) is 6.27. The highest BCUT2D eigenvalue weighted by Gasteiger charge is 2.32. The van der Waals surface area contributed by atoms with E-state index in [4.69, 9.17) is 11.6 Å². The first-order valence-corrected chi connectivity index (χ1v) is 7.40. The van der Waals surface area contributed by atoms with Crippen molar-refractivity contribution in [1.29, 1.82) is 0 Å². The Labute approximate surface area is 124 Å². The average Bonchev–Trinajstić information content (AvgIpc) is 2.69. The minimum absolute atomic E-state index is 0.126. The quantitative estimate of drug-likeness (QED) is 0.909. The van der Waals surface area contributed by atoms with Crippen LogP contribution in [0.25, 0.3) is 0 Å². The van der Waals surface area contributed by atoms with Gasteiger partial charge in [-0.2, -0.15) is 5.10 Å². The summed E-state index contributed by atoms with van der Waals surface area (Å²) in [5, 5.41) is 14.7. The van der Waals surface area contributed by atoms with Crippen LogP contribution in [0.5, 0.6) is 0 Å². The van der Waals surface area contributed by atoms with Crippen molar-refractivity contribution in [3.63, 3.8) is 0 Å². The number of hydrogen-bond donors (Lipinski definition) is 1. The largest absolute Gasteiger partial charge is 0.391 e. The van der Waals surface area contributed by atoms with Crippen molar-refractivity contribution in [2.24, 2.45) is 13.0 Å². The fraction of sp³-hybridized carbons (Fsp3) is 0.714. The zero-order valence-corrected chi connectivity index (χ0v) is 13.2. The van der Waals surface area contributed by atoms with Crippen LogP contribution in [-0.4, -0.2) is 44.9 Å². The summed E-state index contributed by atoms with van der Waals surface area (Å²) in [5.74, 6) is 0.229. The first-order chi connectivity index (χ1) is 9.32. The Hall–Kier alpha value is -1.07. The molecule has 0 aliphatic carbocycles. The molecule has 0 spiro atoms. The molecule has 112 valence electrons. The molecule has 1 aromatic rings. The minimum Gasteiger partial charge on any atom is -0.391 e. The first kappa shape index (κ1) is 15.3. The molecule has 6 heteroatoms. The molecule has 1 aliphatic heterocycles. The van der Waals surface area contributed by atoms with Gasteiger partial charge in [-0.3, -0.25) is 9.48 Å². The van der Waals surface area contributed by atoms with Crippen molar-refractivity contribution in [1.82, 2.24) is 14.7 Å². The number of piperidine rings is 1. The van der Waals surface area contributed by atoms with Gasteiger partial charge < -0.3 is 10.0 Å². The predicted octanol–water partition coefficient (Wildman–Crippen LogP) is 2.04. The number of aryl methyl sites for hydroxylation is 1. The van der Waals surface area contributed by atoms with Gasteiger partial charge in [0.2, 0.25) is 0 Å². The van der Waals surface area contributed by atoms with Crippen molar-refractivity contribution < 1.29 is 9.90 Å². The molecule has 0 saturated carbocycles. The van der Waals surface area contributed by atoms with Crippen molar-refractivity contribution in [2.75, 3.05) is 13.1 Å². The van der Waals surface area contributed by atoms with Gasteiger partial charge in [0.05, 0.1) is 17.4 Å². The summed E-state index contributed by atoms with van der Waals surface area (Å²) >= 11 is 6.23. The lowest BCUT2D eigenvalue weighted by atomic mass is 9.95. The van der Waals surface area contributed by atoms with E-state index in [2.05, 4.69) is 5.10 Å². The van der Waals surface area contributed by atoms with Gasteiger partial charge in [0, 0.05) is 20.1 Å². The highest BCUT2D eigenvalue weighted by molar-refractivity contribution is 6.33. The Bertz CT molecular complexity index is 513. The summed E-state index contributed by atoms with van der Waals surface area (Å²) in [6.07, 6.45) is 0.340. The van der Waals surface area contributed by atoms with Crippen molar-refractivity contribution in [2.45, 2.75) is 39.2 Å². The number of likely N-dealkylation sites (tertiary alicyclic amines) is 1. The maximum Gasteiger partial charge on any atom is 0.259 e. The van der Waals surface area contributed by atoms with E-state index in [1.807, 2.05) is 20.8 Å². The highest BCUT2D eigenvalue weighted by atomic mass is 35.5. The molecule has 5 nitrogen and oxygen atoms in total. The summed E-state index contributed by atoms with van der Waals surface area (Å²) in [7, 11) is 1.73. The fourth-order valence-corrected chi connectivity index (χ4v) is 2.73. The SMILES string of the molecule is CC(C)c1nn(C)c(Cl)c1C(=O)N1CCC(C)C(O)C1. The predicted molar refractivity (Wildman–Crippen MR) is 78.0 cm³/mol. The van der Waals surface area contributed by atoms with Crippen molar-refractivity contribution in [3.8, 4) is 0 Å². The number of nitrogens with zero attached hydrogens (tertiary/aromatic N) is 3. The Kier molecular flexibility index (Phi) is 4.39. The molecule has 1 saturated heterocycles. The van der Waals surface area contributed by atoms with Crippen LogP contribution >= 0.6 is 11.6 Å². The van der Waals surface area contributed by atoms with E-state index in [-0.39, 0.29) is 17.7 Å². The number of hydrogen-bond acceptors (Lipinski definition) is 3. The van der Waals surface area contributed by atoms with Crippen LogP contribution in [-0.2, 0) is 7.05 Å². The molecule has 0 bridgehead atoms. The molecule has 2 atom stereocenters. The zero-order valence-electron chi connectivity index (χ0n) is 12.4. The minimum atomic E-state index is -0.467. The lowest BCUT2D eigenvalue weighted by molar-refractivity contribution is 0.0248. The Balaban J connectivity index is 2.30. The van der Waals surface area contributed by atoms with Crippen LogP contribution in [0.1, 0.15) is 49.2 Å². The van der Waals surface area contributed by atoms with Gasteiger partial charge in [-0.25, -0.2) is 0 Å². The van der Waals surface area contributed by atoms with Crippen LogP contribution in [0.15, 0.2) is 0 Å². The fourth-order valence-electron chi connectivity index (χ4n) is 2.52. The number of rotatable bonds is 2. The smallest absolute Gasteiger partial charge is 0.259 e. The molecule has 0 radical (unpaired) electrons. The van der Waals surface area contributed by atoms with E-state index in [1.165, 1.54) is 4.68 Å². The van der Waals surface area contributed by atoms with E-state index >= 15 is 0 Å². The summed E-state index contributed by atoms with van der Waals surface area (Å²) in [6.45, 7) is 7.00. The molecular formula is C14H22ClN3O2. The van der Waals surface area contributed by atoms with Crippen LogP contribution < -0.4 is 0 Å². The molecule has 0 aromatic carbocycles. The molecule has 20 heavy (non-hydrogen) atoms. The van der Waals surface area contributed by atoms with Gasteiger partial charge in [-0.05, 0) is 18.3 Å². The number of aromatic nitrogens is 2. The van der Waals surface area contributed by atoms with Gasteiger partial charge in [-0.1, -0.05) is 32.4 Å². The summed E-state index contributed by atoms with van der Waals surface area (Å²) in [4.78, 5) is 14.4. The number of aliphatic hydroxyl groups excluding tert-OH is 1. The van der Waals surface area contributed by atoms with Gasteiger partial charge in [0.1, 0.15) is 5.15 Å². The molecule has 1 N–H and O–H groups in total. The third kappa shape index (κ3) is 2.69.